The van der Waals surface area contributed by atoms with Crippen LogP contribution in [0.3, 0.4) is 0 Å². The van der Waals surface area contributed by atoms with Gasteiger partial charge < -0.3 is 10.6 Å². The van der Waals surface area contributed by atoms with E-state index in [2.05, 4.69) is 10.6 Å². The third kappa shape index (κ3) is 2.97. The summed E-state index contributed by atoms with van der Waals surface area (Å²) < 4.78 is 22.7. The largest absolute Gasteiger partial charge is 0.380 e. The van der Waals surface area contributed by atoms with E-state index in [1.165, 1.54) is 0 Å². The molecule has 0 radical (unpaired) electrons. The Kier molecular flexibility index (Phi) is 3.33. The average molecular weight is 254 g/mol. The van der Waals surface area contributed by atoms with Crippen molar-refractivity contribution in [2.75, 3.05) is 22.1 Å². The standard InChI is InChI=1S/C11H14N2O3S/c14-8-12-10-3-1-2-4-11(10)13-9-5-6-17(15,16)7-9/h1-4,8-9,13H,5-7H2,(H,12,14)/t9-/m1/s1. The highest BCUT2D eigenvalue weighted by atomic mass is 32.2. The maximum Gasteiger partial charge on any atom is 0.211 e. The van der Waals surface area contributed by atoms with Crippen LogP contribution in [0, 0.1) is 0 Å². The number of hydrogen-bond donors (Lipinski definition) is 2. The third-order valence-corrected chi connectivity index (χ3v) is 4.50. The van der Waals surface area contributed by atoms with Crippen LogP contribution in [-0.4, -0.2) is 32.4 Å². The van der Waals surface area contributed by atoms with E-state index in [0.29, 0.717) is 18.5 Å². The van der Waals surface area contributed by atoms with Crippen LogP contribution in [0.4, 0.5) is 11.4 Å². The summed E-state index contributed by atoms with van der Waals surface area (Å²) in [5.41, 5.74) is 1.41. The highest BCUT2D eigenvalue weighted by Crippen LogP contribution is 2.24. The minimum atomic E-state index is -2.89. The Bertz CT molecular complexity index is 513. The van der Waals surface area contributed by atoms with Gasteiger partial charge in [0.1, 0.15) is 0 Å². The molecule has 1 aliphatic heterocycles. The lowest BCUT2D eigenvalue weighted by Gasteiger charge is -2.15. The molecular formula is C11H14N2O3S. The summed E-state index contributed by atoms with van der Waals surface area (Å²) in [6.45, 7) is 0. The average Bonchev–Trinajstić information content (AvgIpc) is 2.61. The first kappa shape index (κ1) is 11.9. The SMILES string of the molecule is O=CNc1ccccc1N[C@@H]1CCS(=O)(=O)C1. The van der Waals surface area contributed by atoms with E-state index in [1.807, 2.05) is 18.2 Å². The summed E-state index contributed by atoms with van der Waals surface area (Å²) >= 11 is 0. The van der Waals surface area contributed by atoms with Gasteiger partial charge in [-0.2, -0.15) is 0 Å². The molecule has 1 heterocycles. The number of amides is 1. The molecule has 1 saturated heterocycles. The molecule has 1 fully saturated rings. The molecule has 1 aromatic carbocycles. The van der Waals surface area contributed by atoms with Crippen molar-refractivity contribution in [3.05, 3.63) is 24.3 Å². The molecule has 0 aliphatic carbocycles. The molecule has 0 saturated carbocycles. The predicted molar refractivity (Wildman–Crippen MR) is 66.8 cm³/mol. The lowest BCUT2D eigenvalue weighted by Crippen LogP contribution is -2.21. The summed E-state index contributed by atoms with van der Waals surface area (Å²) in [5.74, 6) is 0.385. The fourth-order valence-corrected chi connectivity index (χ4v) is 3.60. The van der Waals surface area contributed by atoms with Gasteiger partial charge in [0.05, 0.1) is 22.9 Å². The Morgan fingerprint density at radius 2 is 1.94 bits per heavy atom. The zero-order chi connectivity index (χ0) is 12.3. The van der Waals surface area contributed by atoms with Crippen molar-refractivity contribution < 1.29 is 13.2 Å². The molecule has 0 aromatic heterocycles. The van der Waals surface area contributed by atoms with Crippen molar-refractivity contribution in [1.82, 2.24) is 0 Å². The molecule has 6 heteroatoms. The van der Waals surface area contributed by atoms with Crippen LogP contribution in [0.15, 0.2) is 24.3 Å². The second kappa shape index (κ2) is 4.75. The van der Waals surface area contributed by atoms with Crippen LogP contribution in [-0.2, 0) is 14.6 Å². The number of carbonyl (C=O) groups excluding carboxylic acids is 1. The van der Waals surface area contributed by atoms with Gasteiger partial charge in [-0.3, -0.25) is 4.79 Å². The molecular weight excluding hydrogens is 240 g/mol. The van der Waals surface area contributed by atoms with E-state index < -0.39 is 9.84 Å². The number of nitrogens with one attached hydrogen (secondary N) is 2. The van der Waals surface area contributed by atoms with Gasteiger partial charge in [0.15, 0.2) is 9.84 Å². The van der Waals surface area contributed by atoms with Crippen molar-refractivity contribution in [3.8, 4) is 0 Å². The number of hydrogen-bond acceptors (Lipinski definition) is 4. The van der Waals surface area contributed by atoms with Crippen LogP contribution in [0.2, 0.25) is 0 Å². The van der Waals surface area contributed by atoms with E-state index >= 15 is 0 Å². The number of sulfone groups is 1. The zero-order valence-electron chi connectivity index (χ0n) is 9.22. The van der Waals surface area contributed by atoms with Gasteiger partial charge in [-0.15, -0.1) is 0 Å². The fraction of sp³-hybridized carbons (Fsp3) is 0.364. The molecule has 1 atom stereocenters. The van der Waals surface area contributed by atoms with E-state index in [-0.39, 0.29) is 17.5 Å². The van der Waals surface area contributed by atoms with E-state index in [1.54, 1.807) is 6.07 Å². The highest BCUT2D eigenvalue weighted by Gasteiger charge is 2.27. The molecule has 5 nitrogen and oxygen atoms in total. The van der Waals surface area contributed by atoms with Gasteiger partial charge in [-0.1, -0.05) is 12.1 Å². The van der Waals surface area contributed by atoms with E-state index in [0.717, 1.165) is 5.69 Å². The van der Waals surface area contributed by atoms with Crippen molar-refractivity contribution in [1.29, 1.82) is 0 Å². The highest BCUT2D eigenvalue weighted by molar-refractivity contribution is 7.91. The molecule has 0 unspecified atom stereocenters. The fourth-order valence-electron chi connectivity index (χ4n) is 1.93. The Hall–Kier alpha value is -1.56. The first-order valence-electron chi connectivity index (χ1n) is 5.37. The molecule has 0 spiro atoms. The summed E-state index contributed by atoms with van der Waals surface area (Å²) in [4.78, 5) is 10.4. The Labute approximate surface area is 100 Å². The van der Waals surface area contributed by atoms with Gasteiger partial charge >= 0.3 is 0 Å². The van der Waals surface area contributed by atoms with Crippen LogP contribution in [0.25, 0.3) is 0 Å². The second-order valence-electron chi connectivity index (χ2n) is 4.05. The van der Waals surface area contributed by atoms with Crippen LogP contribution in [0.5, 0.6) is 0 Å². The quantitative estimate of drug-likeness (QED) is 0.781. The van der Waals surface area contributed by atoms with Crippen molar-refractivity contribution in [2.24, 2.45) is 0 Å². The Balaban J connectivity index is 2.11. The summed E-state index contributed by atoms with van der Waals surface area (Å²) in [6, 6.07) is 7.15. The molecule has 0 bridgehead atoms. The summed E-state index contributed by atoms with van der Waals surface area (Å²) in [5, 5.41) is 5.73. The van der Waals surface area contributed by atoms with Crippen LogP contribution < -0.4 is 10.6 Å². The normalized spacial score (nSPS) is 22.0. The Morgan fingerprint density at radius 3 is 2.53 bits per heavy atom. The second-order valence-corrected chi connectivity index (χ2v) is 6.28. The molecule has 2 N–H and O–H groups in total. The minimum Gasteiger partial charge on any atom is -0.380 e. The number of benzene rings is 1. The van der Waals surface area contributed by atoms with Crippen molar-refractivity contribution in [2.45, 2.75) is 12.5 Å². The molecule has 1 amide bonds. The van der Waals surface area contributed by atoms with Crippen LogP contribution >= 0.6 is 0 Å². The smallest absolute Gasteiger partial charge is 0.211 e. The molecule has 92 valence electrons. The maximum absolute atomic E-state index is 11.3. The topological polar surface area (TPSA) is 75.3 Å². The zero-order valence-corrected chi connectivity index (χ0v) is 10.0. The molecule has 1 aliphatic rings. The minimum absolute atomic E-state index is 0.0744. The summed E-state index contributed by atoms with van der Waals surface area (Å²) in [7, 11) is -2.89. The Morgan fingerprint density at radius 1 is 1.24 bits per heavy atom. The first-order chi connectivity index (χ1) is 8.11. The number of anilines is 2. The van der Waals surface area contributed by atoms with Gasteiger partial charge in [-0.05, 0) is 18.6 Å². The maximum atomic E-state index is 11.3. The van der Waals surface area contributed by atoms with E-state index in [4.69, 9.17) is 0 Å². The third-order valence-electron chi connectivity index (χ3n) is 2.73. The molecule has 17 heavy (non-hydrogen) atoms. The van der Waals surface area contributed by atoms with Crippen molar-refractivity contribution in [3.63, 3.8) is 0 Å². The lowest BCUT2D eigenvalue weighted by molar-refractivity contribution is -0.105. The van der Waals surface area contributed by atoms with Gasteiger partial charge in [0, 0.05) is 6.04 Å². The number of carbonyl (C=O) groups is 1. The molecule has 1 aromatic rings. The van der Waals surface area contributed by atoms with Gasteiger partial charge in [-0.25, -0.2) is 8.42 Å². The first-order valence-corrected chi connectivity index (χ1v) is 7.19. The van der Waals surface area contributed by atoms with Gasteiger partial charge in [0.25, 0.3) is 0 Å². The van der Waals surface area contributed by atoms with Gasteiger partial charge in [0.2, 0.25) is 6.41 Å². The summed E-state index contributed by atoms with van der Waals surface area (Å²) in [6.07, 6.45) is 1.21. The predicted octanol–water partition coefficient (Wildman–Crippen LogP) is 0.854. The number of rotatable bonds is 4. The lowest BCUT2D eigenvalue weighted by atomic mass is 10.2. The monoisotopic (exact) mass is 254 g/mol. The van der Waals surface area contributed by atoms with Crippen molar-refractivity contribution >= 4 is 27.6 Å². The van der Waals surface area contributed by atoms with E-state index in [9.17, 15) is 13.2 Å². The van der Waals surface area contributed by atoms with Crippen LogP contribution in [0.1, 0.15) is 6.42 Å². The molecule has 2 rings (SSSR count). The number of para-hydroxylation sites is 2.